The molecule has 3 nitrogen and oxygen atoms in total. The number of aliphatic hydroxyl groups excluding tert-OH is 1. The van der Waals surface area contributed by atoms with Crippen molar-refractivity contribution in [3.8, 4) is 11.8 Å². The molecule has 1 aliphatic rings. The number of ether oxygens (including phenoxy) is 1. The van der Waals surface area contributed by atoms with Crippen LogP contribution in [0.15, 0.2) is 54.1 Å². The molecule has 1 aromatic carbocycles. The van der Waals surface area contributed by atoms with Gasteiger partial charge in [-0.05, 0) is 36.6 Å². The first-order valence-corrected chi connectivity index (χ1v) is 6.44. The van der Waals surface area contributed by atoms with Gasteiger partial charge in [-0.3, -0.25) is 0 Å². The lowest BCUT2D eigenvalue weighted by atomic mass is 9.99. The maximum Gasteiger partial charge on any atom is 0.140 e. The lowest BCUT2D eigenvalue weighted by Crippen LogP contribution is -2.15. The van der Waals surface area contributed by atoms with Crippen molar-refractivity contribution in [2.45, 2.75) is 31.5 Å². The summed E-state index contributed by atoms with van der Waals surface area (Å²) < 4.78 is 5.86. The van der Waals surface area contributed by atoms with Crippen molar-refractivity contribution in [2.75, 3.05) is 0 Å². The Labute approximate surface area is 113 Å². The van der Waals surface area contributed by atoms with Crippen molar-refractivity contribution >= 4 is 0 Å². The Bertz CT molecular complexity index is 499. The second kappa shape index (κ2) is 6.77. The maximum absolute atomic E-state index is 9.25. The number of hydrogen-bond donors (Lipinski definition) is 1. The van der Waals surface area contributed by atoms with E-state index in [2.05, 4.69) is 12.2 Å². The monoisotopic (exact) mass is 255 g/mol. The Kier molecular flexibility index (Phi) is 4.77. The van der Waals surface area contributed by atoms with Gasteiger partial charge in [0.25, 0.3) is 0 Å². The van der Waals surface area contributed by atoms with E-state index in [4.69, 9.17) is 10.00 Å². The van der Waals surface area contributed by atoms with E-state index in [0.29, 0.717) is 12.8 Å². The van der Waals surface area contributed by atoms with Crippen LogP contribution in [0, 0.1) is 11.3 Å². The van der Waals surface area contributed by atoms with Crippen LogP contribution in [-0.2, 0) is 0 Å². The standard InChI is InChI=1S/C16H17NO2/c17-12-14(18)10-9-13-5-4-8-16(11-13)19-15-6-2-1-3-7-15/h1-7,11,14,16,18H,8-10H2. The highest BCUT2D eigenvalue weighted by atomic mass is 16.5. The Morgan fingerprint density at radius 1 is 1.37 bits per heavy atom. The summed E-state index contributed by atoms with van der Waals surface area (Å²) in [5, 5.41) is 17.8. The van der Waals surface area contributed by atoms with E-state index in [1.165, 1.54) is 0 Å². The second-order valence-electron chi connectivity index (χ2n) is 4.53. The van der Waals surface area contributed by atoms with Gasteiger partial charge in [-0.2, -0.15) is 5.26 Å². The van der Waals surface area contributed by atoms with Crippen molar-refractivity contribution in [1.29, 1.82) is 5.26 Å². The average molecular weight is 255 g/mol. The summed E-state index contributed by atoms with van der Waals surface area (Å²) in [5.41, 5.74) is 1.11. The molecule has 1 aromatic rings. The van der Waals surface area contributed by atoms with Crippen LogP contribution < -0.4 is 4.74 Å². The fraction of sp³-hybridized carbons (Fsp3) is 0.312. The molecule has 3 heteroatoms. The second-order valence-corrected chi connectivity index (χ2v) is 4.53. The van der Waals surface area contributed by atoms with Gasteiger partial charge in [0.2, 0.25) is 0 Å². The molecule has 0 fully saturated rings. The Hall–Kier alpha value is -2.05. The summed E-state index contributed by atoms with van der Waals surface area (Å²) in [5.74, 6) is 0.857. The van der Waals surface area contributed by atoms with E-state index in [1.54, 1.807) is 0 Å². The van der Waals surface area contributed by atoms with E-state index in [-0.39, 0.29) is 6.10 Å². The minimum Gasteiger partial charge on any atom is -0.486 e. The molecule has 0 bridgehead atoms. The van der Waals surface area contributed by atoms with E-state index in [9.17, 15) is 5.11 Å². The third-order valence-electron chi connectivity index (χ3n) is 2.99. The Morgan fingerprint density at radius 3 is 2.89 bits per heavy atom. The Morgan fingerprint density at radius 2 is 2.16 bits per heavy atom. The summed E-state index contributed by atoms with van der Waals surface area (Å²) in [7, 11) is 0. The van der Waals surface area contributed by atoms with Crippen LogP contribution in [0.3, 0.4) is 0 Å². The van der Waals surface area contributed by atoms with Gasteiger partial charge < -0.3 is 9.84 Å². The average Bonchev–Trinajstić information content (AvgIpc) is 2.46. The molecule has 98 valence electrons. The summed E-state index contributed by atoms with van der Waals surface area (Å²) in [6.07, 6.45) is 7.32. The molecule has 0 aromatic heterocycles. The first-order chi connectivity index (χ1) is 9.28. The molecule has 19 heavy (non-hydrogen) atoms. The molecule has 0 amide bonds. The number of rotatable bonds is 5. The lowest BCUT2D eigenvalue weighted by molar-refractivity contribution is 0.219. The molecule has 0 spiro atoms. The number of benzene rings is 1. The molecular formula is C16H17NO2. The van der Waals surface area contributed by atoms with Crippen molar-refractivity contribution in [2.24, 2.45) is 0 Å². The predicted molar refractivity (Wildman–Crippen MR) is 73.6 cm³/mol. The fourth-order valence-corrected chi connectivity index (χ4v) is 2.01. The highest BCUT2D eigenvalue weighted by Gasteiger charge is 2.12. The Balaban J connectivity index is 1.91. The topological polar surface area (TPSA) is 53.2 Å². The van der Waals surface area contributed by atoms with E-state index >= 15 is 0 Å². The van der Waals surface area contributed by atoms with Crippen LogP contribution in [0.25, 0.3) is 0 Å². The zero-order valence-corrected chi connectivity index (χ0v) is 10.7. The molecule has 1 aliphatic carbocycles. The van der Waals surface area contributed by atoms with Crippen LogP contribution in [0.4, 0.5) is 0 Å². The van der Waals surface area contributed by atoms with Gasteiger partial charge in [-0.15, -0.1) is 0 Å². The molecule has 1 N–H and O–H groups in total. The largest absolute Gasteiger partial charge is 0.486 e. The third-order valence-corrected chi connectivity index (χ3v) is 2.99. The first-order valence-electron chi connectivity index (χ1n) is 6.44. The maximum atomic E-state index is 9.25. The van der Waals surface area contributed by atoms with Crippen LogP contribution >= 0.6 is 0 Å². The molecule has 0 saturated carbocycles. The first kappa shape index (κ1) is 13.4. The number of nitriles is 1. The zero-order valence-electron chi connectivity index (χ0n) is 10.7. The summed E-state index contributed by atoms with van der Waals surface area (Å²) in [4.78, 5) is 0. The van der Waals surface area contributed by atoms with Gasteiger partial charge in [0.1, 0.15) is 18.0 Å². The molecule has 0 saturated heterocycles. The number of aliphatic hydroxyl groups is 1. The van der Waals surface area contributed by atoms with Crippen LogP contribution in [0.1, 0.15) is 19.3 Å². The molecular weight excluding hydrogens is 238 g/mol. The van der Waals surface area contributed by atoms with Gasteiger partial charge >= 0.3 is 0 Å². The summed E-state index contributed by atoms with van der Waals surface area (Å²) >= 11 is 0. The normalized spacial score (nSPS) is 19.4. The van der Waals surface area contributed by atoms with Gasteiger partial charge in [0.15, 0.2) is 0 Å². The SMILES string of the molecule is N#CC(O)CCC1=CC(Oc2ccccc2)CC=C1. The minimum atomic E-state index is -0.885. The van der Waals surface area contributed by atoms with E-state index in [1.807, 2.05) is 42.5 Å². The van der Waals surface area contributed by atoms with Crippen LogP contribution in [-0.4, -0.2) is 17.3 Å². The molecule has 2 atom stereocenters. The smallest absolute Gasteiger partial charge is 0.140 e. The van der Waals surface area contributed by atoms with Crippen molar-refractivity contribution < 1.29 is 9.84 Å². The highest BCUT2D eigenvalue weighted by molar-refractivity contribution is 5.28. The van der Waals surface area contributed by atoms with Crippen LogP contribution in [0.2, 0.25) is 0 Å². The molecule has 2 unspecified atom stereocenters. The minimum absolute atomic E-state index is 0.0293. The number of allylic oxidation sites excluding steroid dienone is 2. The third kappa shape index (κ3) is 4.27. The molecule has 0 radical (unpaired) electrons. The quantitative estimate of drug-likeness (QED) is 0.823. The molecule has 0 heterocycles. The highest BCUT2D eigenvalue weighted by Crippen LogP contribution is 2.21. The van der Waals surface area contributed by atoms with Gasteiger partial charge in [-0.25, -0.2) is 0 Å². The molecule has 0 aliphatic heterocycles. The fourth-order valence-electron chi connectivity index (χ4n) is 2.01. The van der Waals surface area contributed by atoms with Gasteiger partial charge in [0, 0.05) is 6.42 Å². The van der Waals surface area contributed by atoms with Crippen molar-refractivity contribution in [1.82, 2.24) is 0 Å². The summed E-state index contributed by atoms with van der Waals surface area (Å²) in [6.45, 7) is 0. The van der Waals surface area contributed by atoms with E-state index < -0.39 is 6.10 Å². The number of para-hydroxylation sites is 1. The van der Waals surface area contributed by atoms with Crippen molar-refractivity contribution in [3.63, 3.8) is 0 Å². The predicted octanol–water partition coefficient (Wildman–Crippen LogP) is 2.98. The molecule has 2 rings (SSSR count). The van der Waals surface area contributed by atoms with Crippen LogP contribution in [0.5, 0.6) is 5.75 Å². The number of nitrogens with zero attached hydrogens (tertiary/aromatic N) is 1. The summed E-state index contributed by atoms with van der Waals surface area (Å²) in [6, 6.07) is 11.5. The van der Waals surface area contributed by atoms with Gasteiger partial charge in [0.05, 0.1) is 6.07 Å². The van der Waals surface area contributed by atoms with Crippen molar-refractivity contribution in [3.05, 3.63) is 54.1 Å². The van der Waals surface area contributed by atoms with Gasteiger partial charge in [-0.1, -0.05) is 30.4 Å². The zero-order chi connectivity index (χ0) is 13.5. The number of hydrogen-bond acceptors (Lipinski definition) is 3. The van der Waals surface area contributed by atoms with E-state index in [0.717, 1.165) is 17.7 Å². The lowest BCUT2D eigenvalue weighted by Gasteiger charge is -2.19.